The Hall–Kier alpha value is -1.34. The van der Waals surface area contributed by atoms with Gasteiger partial charge in [0.15, 0.2) is 0 Å². The Balaban J connectivity index is 2.35. The Morgan fingerprint density at radius 3 is 2.60 bits per heavy atom. The molecule has 2 aromatic rings. The maximum absolute atomic E-state index is 11.2. The number of fused-ring (bicyclic) bond motifs is 1. The summed E-state index contributed by atoms with van der Waals surface area (Å²) in [6, 6.07) is 2.89. The van der Waals surface area contributed by atoms with Gasteiger partial charge in [-0.15, -0.1) is 0 Å². The van der Waals surface area contributed by atoms with Gasteiger partial charge in [-0.1, -0.05) is 0 Å². The molecular weight excluding hydrogens is 392 g/mol. The van der Waals surface area contributed by atoms with Crippen molar-refractivity contribution in [1.82, 2.24) is 10.3 Å². The molecule has 1 aromatic heterocycles. The van der Waals surface area contributed by atoms with Crippen LogP contribution in [0.3, 0.4) is 0 Å². The molecule has 0 unspecified atom stereocenters. The lowest BCUT2D eigenvalue weighted by molar-refractivity contribution is -0.141. The summed E-state index contributed by atoms with van der Waals surface area (Å²) >= 11 is 6.84. The highest BCUT2D eigenvalue weighted by Gasteiger charge is 2.20. The molecule has 2 rings (SSSR count). The summed E-state index contributed by atoms with van der Waals surface area (Å²) in [5.41, 5.74) is 1.75. The molecule has 7 heteroatoms. The van der Waals surface area contributed by atoms with Crippen LogP contribution >= 0.6 is 31.9 Å². The first-order valence-electron chi connectivity index (χ1n) is 5.83. The summed E-state index contributed by atoms with van der Waals surface area (Å²) in [5.74, 6) is -1.41. The van der Waals surface area contributed by atoms with Crippen LogP contribution in [0.2, 0.25) is 0 Å². The van der Waals surface area contributed by atoms with E-state index in [9.17, 15) is 9.59 Å². The van der Waals surface area contributed by atoms with Crippen LogP contribution in [0.4, 0.5) is 0 Å². The van der Waals surface area contributed by atoms with Gasteiger partial charge < -0.3 is 15.4 Å². The first-order valence-corrected chi connectivity index (χ1v) is 7.42. The molecule has 0 fully saturated rings. The van der Waals surface area contributed by atoms with Gasteiger partial charge in [0.25, 0.3) is 0 Å². The fraction of sp³-hybridized carbons (Fsp3) is 0.231. The van der Waals surface area contributed by atoms with Crippen LogP contribution in [0.25, 0.3) is 10.9 Å². The molecule has 5 nitrogen and oxygen atoms in total. The largest absolute Gasteiger partial charge is 0.480 e. The standard InChI is InChI=1S/C13H12Br2N2O3/c1-6(18)17-12(13(19)20)2-7-5-16-11-4-10(15)9(14)3-8(7)11/h3-5,12,16H,2H2,1H3,(H,17,18)(H,19,20)/t12-/m1/s1. The molecule has 0 spiro atoms. The molecule has 0 saturated heterocycles. The van der Waals surface area contributed by atoms with Crippen molar-refractivity contribution in [2.75, 3.05) is 0 Å². The maximum Gasteiger partial charge on any atom is 0.326 e. The smallest absolute Gasteiger partial charge is 0.326 e. The SMILES string of the molecule is CC(=O)N[C@H](Cc1c[nH]c2cc(Br)c(Br)cc12)C(=O)O. The van der Waals surface area contributed by atoms with Gasteiger partial charge in [0.2, 0.25) is 5.91 Å². The van der Waals surface area contributed by atoms with Gasteiger partial charge in [-0.2, -0.15) is 0 Å². The number of carbonyl (C=O) groups is 2. The number of aromatic nitrogens is 1. The molecule has 0 bridgehead atoms. The molecule has 0 aliphatic heterocycles. The van der Waals surface area contributed by atoms with E-state index in [0.29, 0.717) is 0 Å². The third-order valence-corrected chi connectivity index (χ3v) is 4.75. The number of carbonyl (C=O) groups excluding carboxylic acids is 1. The number of hydrogen-bond acceptors (Lipinski definition) is 2. The molecule has 1 aromatic carbocycles. The van der Waals surface area contributed by atoms with Gasteiger partial charge in [-0.3, -0.25) is 4.79 Å². The Labute approximate surface area is 132 Å². The zero-order chi connectivity index (χ0) is 14.9. The van der Waals surface area contributed by atoms with Crippen LogP contribution in [0.1, 0.15) is 12.5 Å². The van der Waals surface area contributed by atoms with E-state index in [-0.39, 0.29) is 12.3 Å². The van der Waals surface area contributed by atoms with Crippen molar-refractivity contribution in [3.05, 3.63) is 32.8 Å². The predicted molar refractivity (Wildman–Crippen MR) is 82.6 cm³/mol. The zero-order valence-electron chi connectivity index (χ0n) is 10.5. The number of aromatic amines is 1. The third kappa shape index (κ3) is 3.21. The first-order chi connectivity index (χ1) is 9.38. The highest BCUT2D eigenvalue weighted by Crippen LogP contribution is 2.30. The third-order valence-electron chi connectivity index (χ3n) is 2.91. The van der Waals surface area contributed by atoms with E-state index in [1.54, 1.807) is 6.20 Å². The minimum Gasteiger partial charge on any atom is -0.480 e. The first kappa shape index (κ1) is 15.1. The average Bonchev–Trinajstić information content (AvgIpc) is 2.71. The van der Waals surface area contributed by atoms with E-state index in [1.165, 1.54) is 6.92 Å². The van der Waals surface area contributed by atoms with Crippen molar-refractivity contribution in [1.29, 1.82) is 0 Å². The van der Waals surface area contributed by atoms with E-state index in [4.69, 9.17) is 5.11 Å². The van der Waals surface area contributed by atoms with Crippen molar-refractivity contribution in [2.45, 2.75) is 19.4 Å². The highest BCUT2D eigenvalue weighted by atomic mass is 79.9. The second kappa shape index (κ2) is 5.97. The minimum absolute atomic E-state index is 0.225. The number of aliphatic carboxylic acids is 1. The van der Waals surface area contributed by atoms with Gasteiger partial charge in [0.05, 0.1) is 0 Å². The molecule has 3 N–H and O–H groups in total. The van der Waals surface area contributed by atoms with Gasteiger partial charge in [0, 0.05) is 39.4 Å². The Morgan fingerprint density at radius 1 is 1.35 bits per heavy atom. The number of hydrogen-bond donors (Lipinski definition) is 3. The Bertz CT molecular complexity index is 682. The average molecular weight is 404 g/mol. The molecule has 0 radical (unpaired) electrons. The minimum atomic E-state index is -1.05. The van der Waals surface area contributed by atoms with Crippen molar-refractivity contribution in [3.63, 3.8) is 0 Å². The lowest BCUT2D eigenvalue weighted by Gasteiger charge is -2.12. The zero-order valence-corrected chi connectivity index (χ0v) is 13.7. The number of benzene rings is 1. The predicted octanol–water partition coefficient (Wildman–Crippen LogP) is 2.82. The molecule has 1 heterocycles. The summed E-state index contributed by atoms with van der Waals surface area (Å²) in [6.07, 6.45) is 1.99. The van der Waals surface area contributed by atoms with E-state index < -0.39 is 12.0 Å². The Morgan fingerprint density at radius 2 is 2.00 bits per heavy atom. The van der Waals surface area contributed by atoms with Crippen LogP contribution in [-0.2, 0) is 16.0 Å². The van der Waals surface area contributed by atoms with Gasteiger partial charge >= 0.3 is 5.97 Å². The molecule has 0 aliphatic rings. The summed E-state index contributed by atoms with van der Waals surface area (Å²) < 4.78 is 1.80. The number of nitrogens with one attached hydrogen (secondary N) is 2. The lowest BCUT2D eigenvalue weighted by atomic mass is 10.1. The van der Waals surface area contributed by atoms with E-state index in [1.807, 2.05) is 12.1 Å². The number of halogens is 2. The number of rotatable bonds is 4. The van der Waals surface area contributed by atoms with Crippen LogP contribution in [-0.4, -0.2) is 28.0 Å². The van der Waals surface area contributed by atoms with E-state index in [2.05, 4.69) is 42.2 Å². The summed E-state index contributed by atoms with van der Waals surface area (Å²) in [5, 5.41) is 12.5. The van der Waals surface area contributed by atoms with Crippen molar-refractivity contribution >= 4 is 54.6 Å². The summed E-state index contributed by atoms with van der Waals surface area (Å²) in [6.45, 7) is 1.30. The van der Waals surface area contributed by atoms with Gasteiger partial charge in [0.1, 0.15) is 6.04 Å². The van der Waals surface area contributed by atoms with Gasteiger partial charge in [-0.05, 0) is 49.6 Å². The summed E-state index contributed by atoms with van der Waals surface area (Å²) in [4.78, 5) is 25.3. The second-order valence-electron chi connectivity index (χ2n) is 4.42. The molecule has 20 heavy (non-hydrogen) atoms. The topological polar surface area (TPSA) is 82.2 Å². The number of amides is 1. The summed E-state index contributed by atoms with van der Waals surface area (Å²) in [7, 11) is 0. The highest BCUT2D eigenvalue weighted by molar-refractivity contribution is 9.13. The molecule has 1 atom stereocenters. The number of H-pyrrole nitrogens is 1. The van der Waals surface area contributed by atoms with Crippen LogP contribution in [0.5, 0.6) is 0 Å². The normalized spacial score (nSPS) is 12.3. The molecule has 0 aliphatic carbocycles. The Kier molecular flexibility index (Phi) is 4.49. The van der Waals surface area contributed by atoms with Gasteiger partial charge in [-0.25, -0.2) is 4.79 Å². The fourth-order valence-electron chi connectivity index (χ4n) is 2.01. The maximum atomic E-state index is 11.2. The lowest BCUT2D eigenvalue weighted by Crippen LogP contribution is -2.41. The van der Waals surface area contributed by atoms with Crippen molar-refractivity contribution < 1.29 is 14.7 Å². The molecular formula is C13H12Br2N2O3. The number of carboxylic acids is 1. The monoisotopic (exact) mass is 402 g/mol. The second-order valence-corrected chi connectivity index (χ2v) is 6.13. The molecule has 106 valence electrons. The quantitative estimate of drug-likeness (QED) is 0.733. The van der Waals surface area contributed by atoms with Crippen LogP contribution < -0.4 is 5.32 Å². The van der Waals surface area contributed by atoms with E-state index >= 15 is 0 Å². The molecule has 1 amide bonds. The van der Waals surface area contributed by atoms with E-state index in [0.717, 1.165) is 25.4 Å². The van der Waals surface area contributed by atoms with Crippen LogP contribution in [0, 0.1) is 0 Å². The molecule has 0 saturated carbocycles. The van der Waals surface area contributed by atoms with Crippen molar-refractivity contribution in [2.24, 2.45) is 0 Å². The fourth-order valence-corrected chi connectivity index (χ4v) is 2.70. The number of carboxylic acid groups (broad SMARTS) is 1. The van der Waals surface area contributed by atoms with Crippen molar-refractivity contribution in [3.8, 4) is 0 Å². The van der Waals surface area contributed by atoms with Crippen LogP contribution in [0.15, 0.2) is 27.3 Å².